The molecule has 37 heavy (non-hydrogen) atoms. The van der Waals surface area contributed by atoms with Crippen molar-refractivity contribution in [3.8, 4) is 11.5 Å². The Morgan fingerprint density at radius 3 is 2.59 bits per heavy atom. The lowest BCUT2D eigenvalue weighted by Crippen LogP contribution is -2.45. The predicted octanol–water partition coefficient (Wildman–Crippen LogP) is 6.15. The van der Waals surface area contributed by atoms with Crippen LogP contribution in [0.1, 0.15) is 36.8 Å². The van der Waals surface area contributed by atoms with E-state index in [0.717, 1.165) is 12.8 Å². The van der Waals surface area contributed by atoms with E-state index in [1.807, 2.05) is 0 Å². The van der Waals surface area contributed by atoms with Gasteiger partial charge >= 0.3 is 12.6 Å². The van der Waals surface area contributed by atoms with Crippen molar-refractivity contribution in [1.82, 2.24) is 4.98 Å². The SMILES string of the molecule is CCOC(=O)C1(c2ccc3c(c2)OCO3)C=CC(OC(F)F)=C(OCC2CC2)C1c1c(Cl)cncc1Cl. The first-order valence-electron chi connectivity index (χ1n) is 11.7. The fraction of sp³-hybridized carbons (Fsp3) is 0.385. The van der Waals surface area contributed by atoms with E-state index in [9.17, 15) is 13.6 Å². The minimum atomic E-state index is -3.14. The number of rotatable bonds is 9. The fourth-order valence-electron chi connectivity index (χ4n) is 4.60. The maximum Gasteiger partial charge on any atom is 0.387 e. The second-order valence-electron chi connectivity index (χ2n) is 8.80. The third-order valence-electron chi connectivity index (χ3n) is 6.49. The van der Waals surface area contributed by atoms with Crippen molar-refractivity contribution in [2.75, 3.05) is 20.0 Å². The van der Waals surface area contributed by atoms with E-state index in [4.69, 9.17) is 46.9 Å². The van der Waals surface area contributed by atoms with Gasteiger partial charge < -0.3 is 23.7 Å². The van der Waals surface area contributed by atoms with Crippen LogP contribution in [0, 0.1) is 5.92 Å². The molecule has 2 atom stereocenters. The van der Waals surface area contributed by atoms with Gasteiger partial charge in [0.05, 0.1) is 29.2 Å². The van der Waals surface area contributed by atoms with Crippen LogP contribution in [0.25, 0.3) is 0 Å². The van der Waals surface area contributed by atoms with Gasteiger partial charge in [0.25, 0.3) is 0 Å². The smallest absolute Gasteiger partial charge is 0.387 e. The lowest BCUT2D eigenvalue weighted by atomic mass is 9.64. The highest BCUT2D eigenvalue weighted by molar-refractivity contribution is 6.36. The number of alkyl halides is 2. The van der Waals surface area contributed by atoms with E-state index >= 15 is 0 Å². The summed E-state index contributed by atoms with van der Waals surface area (Å²) < 4.78 is 54.6. The number of aromatic nitrogens is 1. The van der Waals surface area contributed by atoms with E-state index in [1.54, 1.807) is 25.1 Å². The molecule has 3 aliphatic rings. The largest absolute Gasteiger partial charge is 0.493 e. The van der Waals surface area contributed by atoms with E-state index in [-0.39, 0.29) is 53.1 Å². The maximum absolute atomic E-state index is 13.9. The summed E-state index contributed by atoms with van der Waals surface area (Å²) in [4.78, 5) is 18.0. The maximum atomic E-state index is 13.9. The number of benzene rings is 1. The molecule has 2 unspecified atom stereocenters. The first kappa shape index (κ1) is 25.6. The number of hydrogen-bond donors (Lipinski definition) is 0. The zero-order chi connectivity index (χ0) is 26.2. The van der Waals surface area contributed by atoms with Gasteiger partial charge in [-0.15, -0.1) is 0 Å². The highest BCUT2D eigenvalue weighted by Gasteiger charge is 2.54. The lowest BCUT2D eigenvalue weighted by molar-refractivity contribution is -0.149. The summed E-state index contributed by atoms with van der Waals surface area (Å²) in [5, 5.41) is 0.234. The molecule has 2 heterocycles. The Kier molecular flexibility index (Phi) is 7.18. The van der Waals surface area contributed by atoms with Gasteiger partial charge in [0.2, 0.25) is 6.79 Å². The molecule has 0 saturated heterocycles. The summed E-state index contributed by atoms with van der Waals surface area (Å²) in [6, 6.07) is 5.00. The van der Waals surface area contributed by atoms with Crippen LogP contribution >= 0.6 is 23.2 Å². The lowest BCUT2D eigenvalue weighted by Gasteiger charge is -2.41. The summed E-state index contributed by atoms with van der Waals surface area (Å²) in [6.07, 6.45) is 7.38. The number of allylic oxidation sites excluding steroid dienone is 2. The second kappa shape index (κ2) is 10.4. The normalized spacial score (nSPS) is 22.4. The number of pyridine rings is 1. The molecule has 0 spiro atoms. The Hall–Kier alpha value is -3.04. The van der Waals surface area contributed by atoms with Crippen molar-refractivity contribution < 1.29 is 37.3 Å². The molecule has 0 radical (unpaired) electrons. The summed E-state index contributed by atoms with van der Waals surface area (Å²) in [5.41, 5.74) is -0.946. The Morgan fingerprint density at radius 1 is 1.19 bits per heavy atom. The van der Waals surface area contributed by atoms with E-state index in [2.05, 4.69) is 4.98 Å². The van der Waals surface area contributed by atoms with Crippen molar-refractivity contribution in [2.24, 2.45) is 5.92 Å². The van der Waals surface area contributed by atoms with Gasteiger partial charge in [0, 0.05) is 18.0 Å². The minimum Gasteiger partial charge on any atom is -0.493 e. The van der Waals surface area contributed by atoms with Crippen LogP contribution < -0.4 is 9.47 Å². The molecule has 196 valence electrons. The Balaban J connectivity index is 1.78. The molecule has 1 aromatic carbocycles. The van der Waals surface area contributed by atoms with E-state index in [1.165, 1.54) is 24.5 Å². The topological polar surface area (TPSA) is 76.1 Å². The van der Waals surface area contributed by atoms with Crippen molar-refractivity contribution in [3.63, 3.8) is 0 Å². The molecular weight excluding hydrogens is 531 g/mol. The number of esters is 1. The van der Waals surface area contributed by atoms with Crippen molar-refractivity contribution in [2.45, 2.75) is 37.7 Å². The molecule has 2 aliphatic carbocycles. The minimum absolute atomic E-state index is 0.00424. The van der Waals surface area contributed by atoms with Crippen LogP contribution in [0.3, 0.4) is 0 Å². The molecule has 1 aromatic heterocycles. The zero-order valence-electron chi connectivity index (χ0n) is 19.7. The first-order chi connectivity index (χ1) is 17.8. The standard InChI is InChI=1S/C26H23Cl2F2NO6/c1-2-33-24(32)26(15-5-6-18-20(9-15)36-13-35-18)8-7-19(37-25(29)30)23(34-12-14-3-4-14)22(26)21-16(27)10-31-11-17(21)28/h5-11,14,22,25H,2-4,12-13H2,1H3. The predicted molar refractivity (Wildman–Crippen MR) is 130 cm³/mol. The van der Waals surface area contributed by atoms with Crippen molar-refractivity contribution >= 4 is 29.2 Å². The van der Waals surface area contributed by atoms with Crippen LogP contribution in [-0.2, 0) is 24.4 Å². The molecule has 1 fully saturated rings. The van der Waals surface area contributed by atoms with Crippen LogP contribution in [0.2, 0.25) is 10.0 Å². The number of ether oxygens (including phenoxy) is 5. The van der Waals surface area contributed by atoms with Crippen LogP contribution in [0.15, 0.2) is 54.3 Å². The average molecular weight is 554 g/mol. The third-order valence-corrected chi connectivity index (χ3v) is 7.09. The number of carbonyl (C=O) groups is 1. The second-order valence-corrected chi connectivity index (χ2v) is 9.62. The Morgan fingerprint density at radius 2 is 1.92 bits per heavy atom. The van der Waals surface area contributed by atoms with Crippen LogP contribution in [0.5, 0.6) is 11.5 Å². The summed E-state index contributed by atoms with van der Waals surface area (Å²) >= 11 is 13.2. The average Bonchev–Trinajstić information content (AvgIpc) is 3.57. The summed E-state index contributed by atoms with van der Waals surface area (Å²) in [6.45, 7) is -1.13. The summed E-state index contributed by atoms with van der Waals surface area (Å²) in [7, 11) is 0. The number of hydrogen-bond acceptors (Lipinski definition) is 7. The number of halogens is 4. The number of fused-ring (bicyclic) bond motifs is 1. The molecule has 1 aliphatic heterocycles. The van der Waals surface area contributed by atoms with Crippen molar-refractivity contribution in [1.29, 1.82) is 0 Å². The Bertz CT molecular complexity index is 1250. The van der Waals surface area contributed by atoms with Crippen LogP contribution in [0.4, 0.5) is 8.78 Å². The number of carbonyl (C=O) groups excluding carboxylic acids is 1. The highest BCUT2D eigenvalue weighted by atomic mass is 35.5. The van der Waals surface area contributed by atoms with Crippen molar-refractivity contribution in [3.05, 3.63) is 75.4 Å². The molecule has 0 amide bonds. The highest BCUT2D eigenvalue weighted by Crippen LogP contribution is 2.54. The van der Waals surface area contributed by atoms with Gasteiger partial charge in [-0.1, -0.05) is 35.3 Å². The van der Waals surface area contributed by atoms with Gasteiger partial charge in [-0.25, -0.2) is 0 Å². The molecule has 1 saturated carbocycles. The Labute approximate surface area is 221 Å². The van der Waals surface area contributed by atoms with E-state index < -0.39 is 23.9 Å². The molecule has 0 N–H and O–H groups in total. The summed E-state index contributed by atoms with van der Waals surface area (Å²) in [5.74, 6) is -0.852. The van der Waals surface area contributed by atoms with Crippen LogP contribution in [-0.4, -0.2) is 37.6 Å². The van der Waals surface area contributed by atoms with Gasteiger partial charge in [-0.2, -0.15) is 8.78 Å². The first-order valence-corrected chi connectivity index (χ1v) is 12.5. The molecular formula is C26H23Cl2F2NO6. The zero-order valence-corrected chi connectivity index (χ0v) is 21.2. The third kappa shape index (κ3) is 4.82. The molecule has 5 rings (SSSR count). The molecule has 7 nitrogen and oxygen atoms in total. The van der Waals surface area contributed by atoms with Gasteiger partial charge in [0.1, 0.15) is 11.2 Å². The quantitative estimate of drug-likeness (QED) is 0.345. The number of nitrogens with zero attached hydrogens (tertiary/aromatic N) is 1. The molecule has 11 heteroatoms. The van der Waals surface area contributed by atoms with E-state index in [0.29, 0.717) is 17.1 Å². The van der Waals surface area contributed by atoms with Gasteiger partial charge in [0.15, 0.2) is 17.3 Å². The monoisotopic (exact) mass is 553 g/mol. The molecule has 2 aromatic rings. The fourth-order valence-corrected chi connectivity index (χ4v) is 5.18. The molecule has 0 bridgehead atoms. The van der Waals surface area contributed by atoms with Gasteiger partial charge in [-0.3, -0.25) is 9.78 Å². The van der Waals surface area contributed by atoms with Gasteiger partial charge in [-0.05, 0) is 49.5 Å².